The van der Waals surface area contributed by atoms with Gasteiger partial charge in [-0.15, -0.1) is 0 Å². The molecule has 3 aliphatic rings. The Morgan fingerprint density at radius 2 is 1.70 bits per heavy atom. The number of aromatic nitrogens is 3. The molecule has 342 valence electrons. The summed E-state index contributed by atoms with van der Waals surface area (Å²) in [5, 5.41) is 5.73. The lowest BCUT2D eigenvalue weighted by atomic mass is 9.93. The Morgan fingerprint density at radius 1 is 1.05 bits per heavy atom. The number of carbonyl (C=O) groups is 1. The highest BCUT2D eigenvalue weighted by molar-refractivity contribution is 7.93. The maximum Gasteiger partial charge on any atom is 0.292 e. The molecule has 2 aromatic heterocycles. The first-order chi connectivity index (χ1) is 29.8. The first-order valence-electron chi connectivity index (χ1n) is 19.5. The van der Waals surface area contributed by atoms with Gasteiger partial charge in [0, 0.05) is 34.9 Å². The maximum absolute atomic E-state index is 15.3. The first kappa shape index (κ1) is 46.7. The fourth-order valence-electron chi connectivity index (χ4n) is 7.45. The normalized spacial score (nSPS) is 20.3. The molecule has 3 atom stereocenters. The standard InChI is InChI=1S/C41H38ClF8N7O5S2/c1-40(2,63(3,59)60)11-10-22-4-7-24(25-8-9-28(42)33-36(25)57(18-30(45)46)55-39(33)56-64(61,62)23-5-6-23)35(53-22)29(14-19-12-20(43)15-21(44)13-19)54-31(58)17-52-37-32(34(51)38(47)48)26-16-27(26)41(37,49)50/h4,7-9,12-13,15,23,26-27,29-30,38H,5-6,14,16-18,51H2,1-3H3,(H,54,58)(H,55,56)/b34-32-,52-37?. The predicted octanol–water partition coefficient (Wildman–Crippen LogP) is 6.98. The SMILES string of the molecule is CC(C)(C#Cc1ccc(-c2ccc(Cl)c3c(NS(=O)(=O)C4CC4)nn(CC(F)F)c23)c(C(Cc2cc(F)cc(F)c2)NC(=O)CN=C2/C(=C(\N)C(F)F)C3CC3C2(F)F)n1)S(C)(=O)=O. The molecule has 0 spiro atoms. The van der Waals surface area contributed by atoms with E-state index in [4.69, 9.17) is 17.3 Å². The molecule has 2 heterocycles. The quantitative estimate of drug-likeness (QED) is 0.0896. The predicted molar refractivity (Wildman–Crippen MR) is 222 cm³/mol. The number of nitrogens with zero attached hydrogens (tertiary/aromatic N) is 4. The number of amides is 1. The van der Waals surface area contributed by atoms with Gasteiger partial charge in [0.15, 0.2) is 15.7 Å². The Hall–Kier alpha value is -5.27. The topological polar surface area (TPSA) is 178 Å². The number of sulfonamides is 1. The highest BCUT2D eigenvalue weighted by atomic mass is 35.5. The van der Waals surface area contributed by atoms with Crippen LogP contribution < -0.4 is 15.8 Å². The number of hydrogen-bond acceptors (Lipinski definition) is 9. The number of alkyl halides is 6. The number of fused-ring (bicyclic) bond motifs is 2. The molecule has 4 aromatic rings. The number of pyridine rings is 1. The van der Waals surface area contributed by atoms with E-state index < -0.39 is 121 Å². The molecular formula is C41H38ClF8N7O5S2. The van der Waals surface area contributed by atoms with Crippen molar-refractivity contribution in [1.29, 1.82) is 0 Å². The van der Waals surface area contributed by atoms with Gasteiger partial charge in [-0.05, 0) is 87.3 Å². The van der Waals surface area contributed by atoms with E-state index in [2.05, 4.69) is 37.0 Å². The molecule has 0 saturated heterocycles. The van der Waals surface area contributed by atoms with Gasteiger partial charge in [0.25, 0.3) is 18.8 Å². The van der Waals surface area contributed by atoms with Crippen molar-refractivity contribution in [3.63, 3.8) is 0 Å². The number of allylic oxidation sites excluding steroid dienone is 2. The molecule has 64 heavy (non-hydrogen) atoms. The summed E-state index contributed by atoms with van der Waals surface area (Å²) < 4.78 is 168. The third kappa shape index (κ3) is 9.42. The smallest absolute Gasteiger partial charge is 0.292 e. The van der Waals surface area contributed by atoms with Crippen LogP contribution in [0.3, 0.4) is 0 Å². The van der Waals surface area contributed by atoms with Gasteiger partial charge in [-0.2, -0.15) is 13.9 Å². The number of benzene rings is 2. The van der Waals surface area contributed by atoms with Crippen LogP contribution in [0.5, 0.6) is 0 Å². The minimum absolute atomic E-state index is 0.00700. The molecule has 0 bridgehead atoms. The van der Waals surface area contributed by atoms with Crippen molar-refractivity contribution in [3.8, 4) is 23.0 Å². The van der Waals surface area contributed by atoms with Gasteiger partial charge >= 0.3 is 0 Å². The highest BCUT2D eigenvalue weighted by Crippen LogP contribution is 2.62. The first-order valence-corrected chi connectivity index (χ1v) is 23.3. The van der Waals surface area contributed by atoms with E-state index in [1.54, 1.807) is 0 Å². The van der Waals surface area contributed by atoms with Crippen LogP contribution in [0.15, 0.2) is 58.7 Å². The largest absolute Gasteiger partial charge is 0.397 e. The van der Waals surface area contributed by atoms with E-state index in [9.17, 15) is 48.0 Å². The summed E-state index contributed by atoms with van der Waals surface area (Å²) in [6.07, 6.45) is -5.33. The fraction of sp³-hybridized carbons (Fsp3) is 0.415. The van der Waals surface area contributed by atoms with E-state index in [0.717, 1.165) is 23.1 Å². The number of carbonyl (C=O) groups excluding carboxylic acids is 1. The van der Waals surface area contributed by atoms with Crippen LogP contribution in [0.25, 0.3) is 22.0 Å². The lowest BCUT2D eigenvalue weighted by molar-refractivity contribution is -0.120. The molecule has 2 aromatic carbocycles. The molecule has 23 heteroatoms. The van der Waals surface area contributed by atoms with Crippen molar-refractivity contribution >= 4 is 59.8 Å². The summed E-state index contributed by atoms with van der Waals surface area (Å²) >= 11 is 6.61. The van der Waals surface area contributed by atoms with Crippen molar-refractivity contribution in [2.45, 2.75) is 80.9 Å². The molecule has 0 aliphatic heterocycles. The molecule has 0 radical (unpaired) electrons. The van der Waals surface area contributed by atoms with E-state index >= 15 is 8.78 Å². The summed E-state index contributed by atoms with van der Waals surface area (Å²) in [6, 6.07) is 6.23. The molecule has 3 saturated carbocycles. The highest BCUT2D eigenvalue weighted by Gasteiger charge is 2.67. The van der Waals surface area contributed by atoms with Crippen molar-refractivity contribution in [3.05, 3.63) is 87.3 Å². The van der Waals surface area contributed by atoms with Gasteiger partial charge in [0.2, 0.25) is 15.9 Å². The van der Waals surface area contributed by atoms with Crippen molar-refractivity contribution in [2.75, 3.05) is 17.5 Å². The monoisotopic (exact) mass is 959 g/mol. The Balaban J connectivity index is 1.42. The van der Waals surface area contributed by atoms with E-state index in [-0.39, 0.29) is 56.2 Å². The number of nitrogens with one attached hydrogen (secondary N) is 2. The van der Waals surface area contributed by atoms with Crippen LogP contribution in [-0.2, 0) is 37.6 Å². The number of rotatable bonds is 14. The van der Waals surface area contributed by atoms with E-state index in [0.29, 0.717) is 18.9 Å². The molecule has 3 unspecified atom stereocenters. The van der Waals surface area contributed by atoms with Crippen LogP contribution in [0.2, 0.25) is 5.02 Å². The summed E-state index contributed by atoms with van der Waals surface area (Å²) in [6.45, 7) is 0.477. The molecular weight excluding hydrogens is 922 g/mol. The number of sulfone groups is 1. The zero-order valence-corrected chi connectivity index (χ0v) is 36.3. The van der Waals surface area contributed by atoms with Crippen LogP contribution in [0, 0.1) is 35.3 Å². The molecule has 4 N–H and O–H groups in total. The van der Waals surface area contributed by atoms with Gasteiger partial charge in [-0.25, -0.2) is 48.2 Å². The van der Waals surface area contributed by atoms with Gasteiger partial charge in [-0.3, -0.25) is 19.2 Å². The number of aliphatic imine (C=N–C) groups is 1. The van der Waals surface area contributed by atoms with Crippen LogP contribution in [0.4, 0.5) is 40.9 Å². The van der Waals surface area contributed by atoms with Gasteiger partial charge in [0.1, 0.15) is 40.9 Å². The maximum atomic E-state index is 15.3. The minimum atomic E-state index is -4.04. The summed E-state index contributed by atoms with van der Waals surface area (Å²) in [4.78, 5) is 22.2. The molecule has 3 fully saturated rings. The number of anilines is 1. The second-order valence-corrected chi connectivity index (χ2v) is 21.2. The van der Waals surface area contributed by atoms with Crippen LogP contribution in [0.1, 0.15) is 56.1 Å². The third-order valence-corrected chi connectivity index (χ3v) is 15.2. The number of halogens is 9. The Morgan fingerprint density at radius 3 is 2.31 bits per heavy atom. The van der Waals surface area contributed by atoms with Crippen molar-refractivity contribution in [1.82, 2.24) is 20.1 Å². The average Bonchev–Trinajstić information content (AvgIpc) is 4.11. The molecule has 12 nitrogen and oxygen atoms in total. The summed E-state index contributed by atoms with van der Waals surface area (Å²) in [5.74, 6) is -4.33. The summed E-state index contributed by atoms with van der Waals surface area (Å²) in [5.41, 5.74) is 2.21. The fourth-order valence-corrected chi connectivity index (χ4v) is 9.26. The number of hydrogen-bond donors (Lipinski definition) is 3. The summed E-state index contributed by atoms with van der Waals surface area (Å²) in [7, 11) is -7.83. The molecule has 1 amide bonds. The van der Waals surface area contributed by atoms with E-state index in [1.165, 1.54) is 38.1 Å². The van der Waals surface area contributed by atoms with Crippen LogP contribution in [-0.4, -0.2) is 84.8 Å². The Kier molecular flexibility index (Phi) is 12.4. The zero-order valence-electron chi connectivity index (χ0n) is 33.9. The number of nitrogens with two attached hydrogens (primary N) is 1. The van der Waals surface area contributed by atoms with Gasteiger partial charge in [0.05, 0.1) is 38.6 Å². The van der Waals surface area contributed by atoms with Gasteiger partial charge in [-0.1, -0.05) is 23.6 Å². The van der Waals surface area contributed by atoms with Gasteiger partial charge < -0.3 is 11.1 Å². The second-order valence-electron chi connectivity index (χ2n) is 16.3. The minimum Gasteiger partial charge on any atom is -0.397 e. The van der Waals surface area contributed by atoms with Crippen molar-refractivity contribution in [2.24, 2.45) is 22.6 Å². The third-order valence-electron chi connectivity index (χ3n) is 11.1. The molecule has 3 aliphatic carbocycles. The Bertz CT molecular complexity index is 2910. The zero-order chi connectivity index (χ0) is 46.8. The molecule has 7 rings (SSSR count). The van der Waals surface area contributed by atoms with Crippen LogP contribution >= 0.6 is 11.6 Å². The second kappa shape index (κ2) is 16.9. The lowest BCUT2D eigenvalue weighted by Crippen LogP contribution is -2.35. The van der Waals surface area contributed by atoms with E-state index in [1.807, 2.05) is 0 Å². The average molecular weight is 960 g/mol. The lowest BCUT2D eigenvalue weighted by Gasteiger charge is -2.23. The van der Waals surface area contributed by atoms with Crippen molar-refractivity contribution < 1.29 is 56.8 Å². The Labute approximate surface area is 366 Å².